The van der Waals surface area contributed by atoms with Crippen molar-refractivity contribution in [2.24, 2.45) is 0 Å². The first kappa shape index (κ1) is 23.0. The number of methoxy groups -OCH3 is 2. The maximum Gasteiger partial charge on any atom is 0.254 e. The smallest absolute Gasteiger partial charge is 0.254 e. The fourth-order valence-corrected chi connectivity index (χ4v) is 4.38. The molecule has 0 N–H and O–H groups in total. The van der Waals surface area contributed by atoms with Gasteiger partial charge in [0.1, 0.15) is 0 Å². The van der Waals surface area contributed by atoms with Crippen LogP contribution in [0.4, 0.5) is 0 Å². The fourth-order valence-electron chi connectivity index (χ4n) is 3.68. The molecule has 0 saturated carbocycles. The third-order valence-corrected chi connectivity index (χ3v) is 6.23. The number of carbonyl (C=O) groups excluding carboxylic acids is 1. The van der Waals surface area contributed by atoms with Gasteiger partial charge in [-0.05, 0) is 67.3 Å². The molecule has 0 bridgehead atoms. The molecule has 28 heavy (non-hydrogen) atoms. The number of unbranched alkanes of at least 4 members (excludes halogenated alkanes) is 3. The molecule has 2 rings (SSSR count). The molecule has 1 aliphatic heterocycles. The second-order valence-corrected chi connectivity index (χ2v) is 8.23. The Morgan fingerprint density at radius 2 is 1.68 bits per heavy atom. The Balaban J connectivity index is 1.90. The third-order valence-electron chi connectivity index (χ3n) is 5.39. The minimum atomic E-state index is 0.0884. The summed E-state index contributed by atoms with van der Waals surface area (Å²) < 4.78 is 11.7. The first-order valence-electron chi connectivity index (χ1n) is 10.5. The predicted molar refractivity (Wildman–Crippen MR) is 117 cm³/mol. The van der Waals surface area contributed by atoms with Crippen LogP contribution in [-0.4, -0.2) is 56.1 Å². The van der Waals surface area contributed by atoms with E-state index >= 15 is 0 Å². The van der Waals surface area contributed by atoms with Crippen molar-refractivity contribution in [3.05, 3.63) is 21.7 Å². The van der Waals surface area contributed by atoms with Gasteiger partial charge in [0.2, 0.25) is 0 Å². The number of nitrogens with zero attached hydrogens (tertiary/aromatic N) is 2. The van der Waals surface area contributed by atoms with Crippen molar-refractivity contribution in [3.8, 4) is 11.5 Å². The number of benzene rings is 1. The molecule has 0 radical (unpaired) electrons. The van der Waals surface area contributed by atoms with Crippen LogP contribution in [0.15, 0.2) is 10.5 Å². The molecule has 1 aliphatic rings. The van der Waals surface area contributed by atoms with Crippen molar-refractivity contribution in [1.29, 1.82) is 0 Å². The van der Waals surface area contributed by atoms with E-state index in [-0.39, 0.29) is 5.91 Å². The molecule has 0 aromatic heterocycles. The molecule has 158 valence electrons. The van der Waals surface area contributed by atoms with Crippen molar-refractivity contribution in [2.75, 3.05) is 40.4 Å². The van der Waals surface area contributed by atoms with Gasteiger partial charge in [0, 0.05) is 24.2 Å². The summed E-state index contributed by atoms with van der Waals surface area (Å²) in [6, 6.07) is 1.80. The average molecular weight is 455 g/mol. The Kier molecular flexibility index (Phi) is 9.59. The van der Waals surface area contributed by atoms with Crippen LogP contribution in [0, 0.1) is 0 Å². The number of carbonyl (C=O) groups is 1. The van der Waals surface area contributed by atoms with Crippen molar-refractivity contribution >= 4 is 21.8 Å². The van der Waals surface area contributed by atoms with E-state index in [0.717, 1.165) is 41.5 Å². The van der Waals surface area contributed by atoms with E-state index in [1.54, 1.807) is 20.3 Å². The number of rotatable bonds is 13. The molecule has 1 amide bonds. The standard InChI is InChI=1S/C22H35BrN2O3/c1-5-7-11-24(12-8-6-2)13-9-10-14-25-16-18-17(22(25)26)15-19(27-3)21(28-4)20(18)23/h15H,5-14,16H2,1-4H3. The molecule has 6 heteroatoms. The summed E-state index contributed by atoms with van der Waals surface area (Å²) in [5, 5.41) is 0. The van der Waals surface area contributed by atoms with Gasteiger partial charge in [-0.3, -0.25) is 4.79 Å². The van der Waals surface area contributed by atoms with Crippen LogP contribution in [0.5, 0.6) is 11.5 Å². The fraction of sp³-hybridized carbons (Fsp3) is 0.682. The molecule has 5 nitrogen and oxygen atoms in total. The highest BCUT2D eigenvalue weighted by Gasteiger charge is 2.32. The summed E-state index contributed by atoms with van der Waals surface area (Å²) in [7, 11) is 3.21. The third kappa shape index (κ3) is 5.63. The number of amides is 1. The van der Waals surface area contributed by atoms with Crippen LogP contribution < -0.4 is 9.47 Å². The summed E-state index contributed by atoms with van der Waals surface area (Å²) >= 11 is 3.60. The molecular weight excluding hydrogens is 420 g/mol. The Hall–Kier alpha value is -1.27. The summed E-state index contributed by atoms with van der Waals surface area (Å²) in [5.41, 5.74) is 1.72. The van der Waals surface area contributed by atoms with Crippen LogP contribution in [0.2, 0.25) is 0 Å². The molecule has 0 fully saturated rings. The van der Waals surface area contributed by atoms with Crippen LogP contribution in [0.1, 0.15) is 68.3 Å². The first-order chi connectivity index (χ1) is 13.6. The molecule has 1 aromatic rings. The van der Waals surface area contributed by atoms with E-state index in [2.05, 4.69) is 34.7 Å². The van der Waals surface area contributed by atoms with Gasteiger partial charge in [0.05, 0.1) is 18.7 Å². The van der Waals surface area contributed by atoms with Crippen LogP contribution in [-0.2, 0) is 6.54 Å². The Morgan fingerprint density at radius 3 is 2.25 bits per heavy atom. The van der Waals surface area contributed by atoms with Crippen LogP contribution in [0.25, 0.3) is 0 Å². The molecular formula is C22H35BrN2O3. The first-order valence-corrected chi connectivity index (χ1v) is 11.3. The summed E-state index contributed by atoms with van der Waals surface area (Å²) in [6.07, 6.45) is 7.17. The zero-order chi connectivity index (χ0) is 20.5. The molecule has 0 aliphatic carbocycles. The van der Waals surface area contributed by atoms with Gasteiger partial charge < -0.3 is 19.3 Å². The zero-order valence-corrected chi connectivity index (χ0v) is 19.4. The van der Waals surface area contributed by atoms with E-state index in [0.29, 0.717) is 18.0 Å². The molecule has 0 unspecified atom stereocenters. The number of hydrogen-bond acceptors (Lipinski definition) is 4. The normalized spacial score (nSPS) is 13.4. The highest BCUT2D eigenvalue weighted by atomic mass is 79.9. The van der Waals surface area contributed by atoms with Gasteiger partial charge >= 0.3 is 0 Å². The summed E-state index contributed by atoms with van der Waals surface area (Å²) in [5.74, 6) is 1.33. The van der Waals surface area contributed by atoms with Crippen molar-refractivity contribution in [2.45, 2.75) is 58.9 Å². The average Bonchev–Trinajstić information content (AvgIpc) is 3.02. The van der Waals surface area contributed by atoms with Gasteiger partial charge in [-0.25, -0.2) is 0 Å². The molecule has 1 aromatic carbocycles. The quantitative estimate of drug-likeness (QED) is 0.388. The Morgan fingerprint density at radius 1 is 1.04 bits per heavy atom. The highest BCUT2D eigenvalue weighted by molar-refractivity contribution is 9.10. The number of fused-ring (bicyclic) bond motifs is 1. The summed E-state index contributed by atoms with van der Waals surface area (Å²) in [6.45, 7) is 9.42. The maximum absolute atomic E-state index is 12.8. The maximum atomic E-state index is 12.8. The van der Waals surface area contributed by atoms with Crippen molar-refractivity contribution in [1.82, 2.24) is 9.80 Å². The molecule has 0 atom stereocenters. The Labute approximate surface area is 178 Å². The van der Waals surface area contributed by atoms with Gasteiger partial charge in [-0.1, -0.05) is 26.7 Å². The SMILES string of the molecule is CCCCN(CCCC)CCCCN1Cc2c(cc(OC)c(OC)c2Br)C1=O. The molecule has 0 spiro atoms. The predicted octanol–water partition coefficient (Wildman–Crippen LogP) is 5.10. The number of halogens is 1. The topological polar surface area (TPSA) is 42.0 Å². The van der Waals surface area contributed by atoms with Crippen LogP contribution >= 0.6 is 15.9 Å². The largest absolute Gasteiger partial charge is 0.493 e. The monoisotopic (exact) mass is 454 g/mol. The van der Waals surface area contributed by atoms with Crippen molar-refractivity contribution in [3.63, 3.8) is 0 Å². The second kappa shape index (κ2) is 11.7. The van der Waals surface area contributed by atoms with Gasteiger partial charge in [-0.15, -0.1) is 0 Å². The van der Waals surface area contributed by atoms with E-state index in [4.69, 9.17) is 9.47 Å². The van der Waals surface area contributed by atoms with Gasteiger partial charge in [0.25, 0.3) is 5.91 Å². The van der Waals surface area contributed by atoms with E-state index in [1.165, 1.54) is 38.8 Å². The van der Waals surface area contributed by atoms with E-state index in [9.17, 15) is 4.79 Å². The number of hydrogen-bond donors (Lipinski definition) is 0. The van der Waals surface area contributed by atoms with Crippen molar-refractivity contribution < 1.29 is 14.3 Å². The summed E-state index contributed by atoms with van der Waals surface area (Å²) in [4.78, 5) is 17.4. The lowest BCUT2D eigenvalue weighted by molar-refractivity contribution is 0.0774. The van der Waals surface area contributed by atoms with Gasteiger partial charge in [-0.2, -0.15) is 0 Å². The Bertz CT molecular complexity index is 643. The second-order valence-electron chi connectivity index (χ2n) is 7.43. The highest BCUT2D eigenvalue weighted by Crippen LogP contribution is 2.42. The van der Waals surface area contributed by atoms with Gasteiger partial charge in [0.15, 0.2) is 11.5 Å². The molecule has 1 heterocycles. The minimum Gasteiger partial charge on any atom is -0.493 e. The molecule has 0 saturated heterocycles. The zero-order valence-electron chi connectivity index (χ0n) is 17.9. The minimum absolute atomic E-state index is 0.0884. The lowest BCUT2D eigenvalue weighted by Crippen LogP contribution is -2.29. The number of ether oxygens (including phenoxy) is 2. The van der Waals surface area contributed by atoms with E-state index in [1.807, 2.05) is 4.90 Å². The van der Waals surface area contributed by atoms with Crippen LogP contribution in [0.3, 0.4) is 0 Å². The van der Waals surface area contributed by atoms with E-state index < -0.39 is 0 Å². The lowest BCUT2D eigenvalue weighted by atomic mass is 10.1. The lowest BCUT2D eigenvalue weighted by Gasteiger charge is -2.22.